The zero-order valence-electron chi connectivity index (χ0n) is 11.2. The molecule has 0 aromatic heterocycles. The first kappa shape index (κ1) is 16.9. The van der Waals surface area contributed by atoms with E-state index in [0.29, 0.717) is 6.42 Å². The summed E-state index contributed by atoms with van der Waals surface area (Å²) in [6, 6.07) is -0.157. The van der Waals surface area contributed by atoms with Crippen molar-refractivity contribution in [3.8, 4) is 0 Å². The van der Waals surface area contributed by atoms with Gasteiger partial charge in [-0.05, 0) is 27.2 Å². The van der Waals surface area contributed by atoms with Crippen LogP contribution < -0.4 is 0 Å². The highest BCUT2D eigenvalue weighted by molar-refractivity contribution is 7.92. The summed E-state index contributed by atoms with van der Waals surface area (Å²) in [4.78, 5) is 23.8. The first-order valence-corrected chi connectivity index (χ1v) is 7.74. The molecule has 0 aromatic rings. The van der Waals surface area contributed by atoms with Crippen LogP contribution >= 0.6 is 0 Å². The quantitative estimate of drug-likeness (QED) is 0.733. The molecular weight excluding hydrogens is 258 g/mol. The number of carbonyl (C=O) groups is 2. The molecule has 18 heavy (non-hydrogen) atoms. The van der Waals surface area contributed by atoms with Gasteiger partial charge in [0.2, 0.25) is 5.91 Å². The molecule has 0 rings (SSSR count). The largest absolute Gasteiger partial charge is 0.481 e. The van der Waals surface area contributed by atoms with E-state index in [-0.39, 0.29) is 19.0 Å². The molecule has 0 aromatic carbocycles. The highest BCUT2D eigenvalue weighted by Crippen LogP contribution is 2.09. The Morgan fingerprint density at radius 3 is 2.06 bits per heavy atom. The van der Waals surface area contributed by atoms with Gasteiger partial charge in [-0.15, -0.1) is 0 Å². The average molecular weight is 279 g/mol. The summed E-state index contributed by atoms with van der Waals surface area (Å²) in [5.74, 6) is -1.40. The monoisotopic (exact) mass is 279 g/mol. The summed E-state index contributed by atoms with van der Waals surface area (Å²) in [7, 11) is -3.43. The van der Waals surface area contributed by atoms with E-state index in [1.807, 2.05) is 0 Å². The maximum atomic E-state index is 12.0. The molecule has 0 aliphatic heterocycles. The van der Waals surface area contributed by atoms with E-state index in [2.05, 4.69) is 0 Å². The van der Waals surface area contributed by atoms with Gasteiger partial charge in [-0.2, -0.15) is 0 Å². The lowest BCUT2D eigenvalue weighted by molar-refractivity contribution is -0.138. The molecule has 0 aliphatic rings. The first-order valence-electron chi connectivity index (χ1n) is 5.78. The molecule has 0 spiro atoms. The molecule has 0 saturated heterocycles. The van der Waals surface area contributed by atoms with E-state index < -0.39 is 27.0 Å². The summed E-state index contributed by atoms with van der Waals surface area (Å²) in [5, 5.41) is 7.45. The third kappa shape index (κ3) is 5.48. The summed E-state index contributed by atoms with van der Waals surface area (Å²) in [5.41, 5.74) is 0. The lowest BCUT2D eigenvalue weighted by Gasteiger charge is -2.28. The van der Waals surface area contributed by atoms with Gasteiger partial charge >= 0.3 is 5.97 Å². The van der Waals surface area contributed by atoms with Crippen molar-refractivity contribution in [1.29, 1.82) is 0 Å². The highest BCUT2D eigenvalue weighted by Gasteiger charge is 2.29. The number of aliphatic carboxylic acids is 1. The van der Waals surface area contributed by atoms with Crippen LogP contribution in [0.5, 0.6) is 0 Å². The molecular formula is C11H21NO5S. The predicted octanol–water partition coefficient (Wildman–Crippen LogP) is 0.521. The fourth-order valence-electron chi connectivity index (χ4n) is 1.44. The van der Waals surface area contributed by atoms with Crippen molar-refractivity contribution in [2.45, 2.75) is 44.9 Å². The van der Waals surface area contributed by atoms with Crippen molar-refractivity contribution >= 4 is 21.7 Å². The van der Waals surface area contributed by atoms with E-state index in [1.54, 1.807) is 13.8 Å². The van der Waals surface area contributed by atoms with Gasteiger partial charge in [-0.1, -0.05) is 0 Å². The highest BCUT2D eigenvalue weighted by atomic mass is 32.2. The Morgan fingerprint density at radius 2 is 1.72 bits per heavy atom. The number of carbonyl (C=O) groups excluding carboxylic acids is 1. The Balaban J connectivity index is 4.70. The molecule has 0 heterocycles. The van der Waals surface area contributed by atoms with Gasteiger partial charge in [-0.3, -0.25) is 9.59 Å². The summed E-state index contributed by atoms with van der Waals surface area (Å²) in [6.07, 6.45) is 1.30. The molecule has 6 nitrogen and oxygen atoms in total. The maximum absolute atomic E-state index is 12.0. The second-order valence-corrected chi connectivity index (χ2v) is 6.96. The van der Waals surface area contributed by atoms with Crippen LogP contribution in [-0.4, -0.2) is 54.4 Å². The number of hydrogen-bond acceptors (Lipinski definition) is 4. The number of amides is 1. The Labute approximate surface area is 108 Å². The number of sulfone groups is 1. The predicted molar refractivity (Wildman–Crippen MR) is 68.0 cm³/mol. The fourth-order valence-corrected chi connectivity index (χ4v) is 1.94. The minimum atomic E-state index is -3.43. The van der Waals surface area contributed by atoms with Crippen LogP contribution in [0.4, 0.5) is 0 Å². The topological polar surface area (TPSA) is 91.8 Å². The van der Waals surface area contributed by atoms with Crippen LogP contribution in [0.2, 0.25) is 0 Å². The lowest BCUT2D eigenvalue weighted by Crippen LogP contribution is -2.45. The third-order valence-corrected chi connectivity index (χ3v) is 4.17. The van der Waals surface area contributed by atoms with E-state index in [4.69, 9.17) is 5.11 Å². The molecule has 106 valence electrons. The average Bonchev–Trinajstić information content (AvgIpc) is 2.20. The van der Waals surface area contributed by atoms with Crippen LogP contribution in [0.1, 0.15) is 33.6 Å². The number of nitrogens with zero attached hydrogens (tertiary/aromatic N) is 1. The van der Waals surface area contributed by atoms with Crippen molar-refractivity contribution in [2.75, 3.05) is 12.8 Å². The van der Waals surface area contributed by atoms with Crippen molar-refractivity contribution in [3.63, 3.8) is 0 Å². The normalized spacial score (nSPS) is 13.4. The Morgan fingerprint density at radius 1 is 1.22 bits per heavy atom. The van der Waals surface area contributed by atoms with Gasteiger partial charge in [0.15, 0.2) is 9.84 Å². The molecule has 0 aliphatic carbocycles. The van der Waals surface area contributed by atoms with Crippen LogP contribution in [0, 0.1) is 0 Å². The molecule has 0 bridgehead atoms. The first-order chi connectivity index (χ1) is 8.07. The van der Waals surface area contributed by atoms with Crippen molar-refractivity contribution < 1.29 is 23.1 Å². The van der Waals surface area contributed by atoms with Gasteiger partial charge in [-0.25, -0.2) is 8.42 Å². The number of rotatable bonds is 7. The second-order valence-electron chi connectivity index (χ2n) is 4.59. The van der Waals surface area contributed by atoms with Crippen molar-refractivity contribution in [3.05, 3.63) is 0 Å². The summed E-state index contributed by atoms with van der Waals surface area (Å²) >= 11 is 0. The number of hydrogen-bond donors (Lipinski definition) is 1. The third-order valence-electron chi connectivity index (χ3n) is 2.69. The minimum absolute atomic E-state index is 0.0379. The second kappa shape index (κ2) is 6.72. The van der Waals surface area contributed by atoms with Gasteiger partial charge in [0, 0.05) is 25.3 Å². The van der Waals surface area contributed by atoms with Gasteiger partial charge < -0.3 is 10.0 Å². The van der Waals surface area contributed by atoms with E-state index in [1.165, 1.54) is 11.8 Å². The fraction of sp³-hybridized carbons (Fsp3) is 0.818. The zero-order chi connectivity index (χ0) is 14.5. The minimum Gasteiger partial charge on any atom is -0.481 e. The van der Waals surface area contributed by atoms with Gasteiger partial charge in [0.05, 0.1) is 0 Å². The Hall–Kier alpha value is -1.11. The molecule has 1 N–H and O–H groups in total. The molecule has 0 radical (unpaired) electrons. The van der Waals surface area contributed by atoms with E-state index in [9.17, 15) is 18.0 Å². The summed E-state index contributed by atoms with van der Waals surface area (Å²) < 4.78 is 22.7. The Kier molecular flexibility index (Phi) is 6.31. The maximum Gasteiger partial charge on any atom is 0.303 e. The number of carboxylic acid groups (broad SMARTS) is 1. The van der Waals surface area contributed by atoms with Crippen LogP contribution in [-0.2, 0) is 19.4 Å². The smallest absolute Gasteiger partial charge is 0.303 e. The Bertz CT molecular complexity index is 402. The molecule has 0 fully saturated rings. The van der Waals surface area contributed by atoms with Crippen LogP contribution in [0.3, 0.4) is 0 Å². The molecule has 0 saturated carbocycles. The SMILES string of the molecule is CC(C)N(CCCC(=O)O)C(=O)C(C)S(C)(=O)=O. The molecule has 7 heteroatoms. The lowest BCUT2D eigenvalue weighted by atomic mass is 10.2. The van der Waals surface area contributed by atoms with Crippen molar-refractivity contribution in [2.24, 2.45) is 0 Å². The van der Waals surface area contributed by atoms with Crippen LogP contribution in [0.15, 0.2) is 0 Å². The van der Waals surface area contributed by atoms with Crippen LogP contribution in [0.25, 0.3) is 0 Å². The molecule has 1 atom stereocenters. The van der Waals surface area contributed by atoms with Crippen molar-refractivity contribution in [1.82, 2.24) is 4.90 Å². The number of carboxylic acids is 1. The van der Waals surface area contributed by atoms with E-state index >= 15 is 0 Å². The van der Waals surface area contributed by atoms with Gasteiger partial charge in [0.1, 0.15) is 5.25 Å². The summed E-state index contributed by atoms with van der Waals surface area (Å²) in [6.45, 7) is 5.15. The molecule has 1 unspecified atom stereocenters. The van der Waals surface area contributed by atoms with Gasteiger partial charge in [0.25, 0.3) is 0 Å². The molecule has 1 amide bonds. The zero-order valence-corrected chi connectivity index (χ0v) is 12.0. The van der Waals surface area contributed by atoms with E-state index in [0.717, 1.165) is 6.26 Å². The standard InChI is InChI=1S/C11H21NO5S/c1-8(2)12(7-5-6-10(13)14)11(15)9(3)18(4,16)17/h8-9H,5-7H2,1-4H3,(H,13,14).